The summed E-state index contributed by atoms with van der Waals surface area (Å²) in [5, 5.41) is 3.48. The van der Waals surface area contributed by atoms with Crippen LogP contribution in [0.15, 0.2) is 24.3 Å². The number of para-hydroxylation sites is 1. The number of amides is 2. The number of benzene rings is 1. The molecule has 0 aliphatic carbocycles. The largest absolute Gasteiger partial charge is 0.464 e. The van der Waals surface area contributed by atoms with Crippen LogP contribution in [-0.2, 0) is 23.9 Å². The summed E-state index contributed by atoms with van der Waals surface area (Å²) in [5.41, 5.74) is 0.958. The summed E-state index contributed by atoms with van der Waals surface area (Å²) < 4.78 is 10.0. The van der Waals surface area contributed by atoms with Crippen molar-refractivity contribution in [1.82, 2.24) is 10.2 Å². The Morgan fingerprint density at radius 3 is 2.45 bits per heavy atom. The van der Waals surface area contributed by atoms with Gasteiger partial charge in [-0.1, -0.05) is 37.6 Å². The van der Waals surface area contributed by atoms with Crippen molar-refractivity contribution in [3.8, 4) is 0 Å². The minimum atomic E-state index is -0.890. The fourth-order valence-electron chi connectivity index (χ4n) is 3.76. The van der Waals surface area contributed by atoms with Crippen LogP contribution in [0.3, 0.4) is 0 Å². The van der Waals surface area contributed by atoms with Crippen molar-refractivity contribution in [3.63, 3.8) is 0 Å². The Hall–Kier alpha value is -2.32. The topological polar surface area (TPSA) is 91.5 Å². The van der Waals surface area contributed by atoms with Crippen LogP contribution in [0.4, 0.5) is 5.69 Å². The zero-order chi connectivity index (χ0) is 22.5. The van der Waals surface area contributed by atoms with Crippen molar-refractivity contribution in [2.45, 2.75) is 45.4 Å². The highest BCUT2D eigenvalue weighted by molar-refractivity contribution is 6.33. The predicted octanol–water partition coefficient (Wildman–Crippen LogP) is 1.85. The molecule has 170 valence electrons. The monoisotopic (exact) mass is 451 g/mol. The number of nitrogens with one attached hydrogen (secondary N) is 1. The van der Waals surface area contributed by atoms with Gasteiger partial charge in [0.05, 0.1) is 17.3 Å². The Labute approximate surface area is 187 Å². The van der Waals surface area contributed by atoms with Gasteiger partial charge < -0.3 is 24.6 Å². The quantitative estimate of drug-likeness (QED) is 0.479. The number of nitrogens with zero attached hydrogens (tertiary/aromatic N) is 2. The molecule has 2 amide bonds. The summed E-state index contributed by atoms with van der Waals surface area (Å²) >= 11 is 6.30. The van der Waals surface area contributed by atoms with Crippen LogP contribution in [0.1, 0.15) is 27.2 Å². The number of anilines is 1. The molecule has 2 heterocycles. The van der Waals surface area contributed by atoms with Crippen molar-refractivity contribution in [3.05, 3.63) is 29.3 Å². The molecule has 9 heteroatoms. The standard InChI is InChI=1S/C22H30ClN3O5/c1-4-30-22(29)19-18(31-19)20(27)24-16(13-14(2)3)21(28)26-11-9-25(10-12-26)17-8-6-5-7-15(17)23/h5-8,14,16,18-19H,4,9-13H2,1-3H3,(H,24,27)/t16-,18-,19-/m0/s1. The highest BCUT2D eigenvalue weighted by atomic mass is 35.5. The number of carbonyl (C=O) groups is 3. The Balaban J connectivity index is 1.57. The molecule has 31 heavy (non-hydrogen) atoms. The summed E-state index contributed by atoms with van der Waals surface area (Å²) in [4.78, 5) is 41.4. The van der Waals surface area contributed by atoms with E-state index in [1.165, 1.54) is 0 Å². The summed E-state index contributed by atoms with van der Waals surface area (Å²) in [6.45, 7) is 8.32. The lowest BCUT2D eigenvalue weighted by molar-refractivity contribution is -0.144. The van der Waals surface area contributed by atoms with Gasteiger partial charge in [0.2, 0.25) is 5.91 Å². The van der Waals surface area contributed by atoms with E-state index in [1.807, 2.05) is 38.1 Å². The normalized spacial score (nSPS) is 21.6. The second-order valence-corrected chi connectivity index (χ2v) is 8.59. The van der Waals surface area contributed by atoms with Crippen LogP contribution in [0, 0.1) is 5.92 Å². The number of rotatable bonds is 8. The van der Waals surface area contributed by atoms with Crippen LogP contribution in [0.2, 0.25) is 5.02 Å². The van der Waals surface area contributed by atoms with E-state index in [-0.39, 0.29) is 18.4 Å². The molecule has 1 N–H and O–H groups in total. The van der Waals surface area contributed by atoms with Crippen molar-refractivity contribution in [2.24, 2.45) is 5.92 Å². The maximum atomic E-state index is 13.2. The van der Waals surface area contributed by atoms with E-state index < -0.39 is 30.1 Å². The van der Waals surface area contributed by atoms with Gasteiger partial charge in [0.25, 0.3) is 5.91 Å². The van der Waals surface area contributed by atoms with E-state index in [4.69, 9.17) is 21.1 Å². The van der Waals surface area contributed by atoms with Gasteiger partial charge in [-0.05, 0) is 31.4 Å². The van der Waals surface area contributed by atoms with Gasteiger partial charge >= 0.3 is 5.97 Å². The Kier molecular flexibility index (Phi) is 7.78. The molecule has 2 saturated heterocycles. The molecule has 0 spiro atoms. The number of ether oxygens (including phenoxy) is 2. The maximum Gasteiger partial charge on any atom is 0.338 e. The third kappa shape index (κ3) is 5.89. The highest BCUT2D eigenvalue weighted by Gasteiger charge is 2.52. The fourth-order valence-corrected chi connectivity index (χ4v) is 4.01. The lowest BCUT2D eigenvalue weighted by Crippen LogP contribution is -2.56. The van der Waals surface area contributed by atoms with Gasteiger partial charge in [0.15, 0.2) is 12.2 Å². The maximum absolute atomic E-state index is 13.2. The average molecular weight is 452 g/mol. The van der Waals surface area contributed by atoms with Crippen LogP contribution in [-0.4, -0.2) is 73.7 Å². The first kappa shape index (κ1) is 23.3. The first-order valence-electron chi connectivity index (χ1n) is 10.7. The number of hydrogen-bond acceptors (Lipinski definition) is 6. The van der Waals surface area contributed by atoms with Crippen LogP contribution >= 0.6 is 11.6 Å². The molecule has 0 saturated carbocycles. The lowest BCUT2D eigenvalue weighted by atomic mass is 10.0. The summed E-state index contributed by atoms with van der Waals surface area (Å²) in [6, 6.07) is 6.99. The first-order chi connectivity index (χ1) is 14.8. The molecule has 0 unspecified atom stereocenters. The van der Waals surface area contributed by atoms with Crippen LogP contribution < -0.4 is 10.2 Å². The molecule has 3 atom stereocenters. The molecule has 1 aromatic rings. The van der Waals surface area contributed by atoms with Crippen molar-refractivity contribution >= 4 is 35.1 Å². The third-order valence-electron chi connectivity index (χ3n) is 5.38. The van der Waals surface area contributed by atoms with Gasteiger partial charge in [-0.25, -0.2) is 4.79 Å². The number of hydrogen-bond donors (Lipinski definition) is 1. The van der Waals surface area contributed by atoms with Crippen molar-refractivity contribution in [2.75, 3.05) is 37.7 Å². The summed E-state index contributed by atoms with van der Waals surface area (Å²) in [5.74, 6) is -0.911. The van der Waals surface area contributed by atoms with Crippen molar-refractivity contribution < 1.29 is 23.9 Å². The molecule has 0 radical (unpaired) electrons. The van der Waals surface area contributed by atoms with Gasteiger partial charge in [0, 0.05) is 26.2 Å². The molecular formula is C22H30ClN3O5. The zero-order valence-corrected chi connectivity index (χ0v) is 18.9. The second kappa shape index (κ2) is 10.3. The van der Waals surface area contributed by atoms with Gasteiger partial charge in [0.1, 0.15) is 6.04 Å². The fraction of sp³-hybridized carbons (Fsp3) is 0.591. The summed E-state index contributed by atoms with van der Waals surface area (Å²) in [7, 11) is 0. The van der Waals surface area contributed by atoms with E-state index in [0.717, 1.165) is 5.69 Å². The Bertz CT molecular complexity index is 810. The number of esters is 1. The van der Waals surface area contributed by atoms with E-state index in [1.54, 1.807) is 11.8 Å². The van der Waals surface area contributed by atoms with Crippen LogP contribution in [0.25, 0.3) is 0 Å². The van der Waals surface area contributed by atoms with Crippen LogP contribution in [0.5, 0.6) is 0 Å². The molecule has 3 rings (SSSR count). The van der Waals surface area contributed by atoms with E-state index in [9.17, 15) is 14.4 Å². The van der Waals surface area contributed by atoms with Gasteiger partial charge in [-0.2, -0.15) is 0 Å². The number of piperazine rings is 1. The van der Waals surface area contributed by atoms with Gasteiger partial charge in [-0.15, -0.1) is 0 Å². The van der Waals surface area contributed by atoms with E-state index >= 15 is 0 Å². The molecule has 8 nitrogen and oxygen atoms in total. The number of carbonyl (C=O) groups excluding carboxylic acids is 3. The Morgan fingerprint density at radius 1 is 1.16 bits per heavy atom. The molecule has 2 aliphatic rings. The Morgan fingerprint density at radius 2 is 1.84 bits per heavy atom. The number of epoxide rings is 1. The molecule has 2 fully saturated rings. The highest BCUT2D eigenvalue weighted by Crippen LogP contribution is 2.27. The van der Waals surface area contributed by atoms with Gasteiger partial charge in [-0.3, -0.25) is 9.59 Å². The predicted molar refractivity (Wildman–Crippen MR) is 117 cm³/mol. The average Bonchev–Trinajstić information content (AvgIpc) is 3.54. The second-order valence-electron chi connectivity index (χ2n) is 8.18. The third-order valence-corrected chi connectivity index (χ3v) is 5.69. The first-order valence-corrected chi connectivity index (χ1v) is 11.1. The van der Waals surface area contributed by atoms with E-state index in [2.05, 4.69) is 10.2 Å². The molecular weight excluding hydrogens is 422 g/mol. The zero-order valence-electron chi connectivity index (χ0n) is 18.2. The summed E-state index contributed by atoms with van der Waals surface area (Å²) in [6.07, 6.45) is -1.26. The number of halogens is 1. The molecule has 0 bridgehead atoms. The minimum absolute atomic E-state index is 0.116. The van der Waals surface area contributed by atoms with E-state index in [0.29, 0.717) is 37.6 Å². The molecule has 2 aliphatic heterocycles. The smallest absolute Gasteiger partial charge is 0.338 e. The SMILES string of the molecule is CCOC(=O)[C@H]1O[C@@H]1C(=O)N[C@@H](CC(C)C)C(=O)N1CCN(c2ccccc2Cl)CC1. The minimum Gasteiger partial charge on any atom is -0.464 e. The van der Waals surface area contributed by atoms with Crippen molar-refractivity contribution in [1.29, 1.82) is 0 Å². The molecule has 1 aromatic carbocycles. The molecule has 0 aromatic heterocycles. The lowest BCUT2D eigenvalue weighted by Gasteiger charge is -2.38.